The molecule has 0 radical (unpaired) electrons. The summed E-state index contributed by atoms with van der Waals surface area (Å²) in [5.41, 5.74) is 1.53. The summed E-state index contributed by atoms with van der Waals surface area (Å²) in [7, 11) is 1.71. The Morgan fingerprint density at radius 2 is 2.11 bits per heavy atom. The van der Waals surface area contributed by atoms with E-state index in [1.165, 1.54) is 6.20 Å². The average Bonchev–Trinajstić information content (AvgIpc) is 3.15. The molecule has 27 heavy (non-hydrogen) atoms. The number of pyridine rings is 1. The Balaban J connectivity index is 1.69. The second-order valence-corrected chi connectivity index (χ2v) is 6.62. The van der Waals surface area contributed by atoms with Crippen molar-refractivity contribution in [1.82, 2.24) is 20.0 Å². The van der Waals surface area contributed by atoms with Crippen molar-refractivity contribution in [2.45, 2.75) is 26.2 Å². The Morgan fingerprint density at radius 1 is 1.30 bits per heavy atom. The molecule has 0 aliphatic heterocycles. The summed E-state index contributed by atoms with van der Waals surface area (Å²) in [6.45, 7) is 4.40. The molecule has 0 aliphatic rings. The van der Waals surface area contributed by atoms with Crippen LogP contribution in [0.2, 0.25) is 0 Å². The minimum Gasteiger partial charge on any atom is -0.341 e. The summed E-state index contributed by atoms with van der Waals surface area (Å²) in [5.74, 6) is 0.756. The van der Waals surface area contributed by atoms with Gasteiger partial charge in [-0.3, -0.25) is 9.78 Å². The number of amides is 1. The molecule has 1 aromatic carbocycles. The van der Waals surface area contributed by atoms with Crippen LogP contribution in [-0.4, -0.2) is 39.5 Å². The highest BCUT2D eigenvalue weighted by Crippen LogP contribution is 2.23. The van der Waals surface area contributed by atoms with Gasteiger partial charge in [0.1, 0.15) is 5.82 Å². The Bertz CT molecular complexity index is 939. The lowest BCUT2D eigenvalue weighted by Crippen LogP contribution is -2.29. The Labute approximate surface area is 157 Å². The van der Waals surface area contributed by atoms with Crippen molar-refractivity contribution < 1.29 is 13.7 Å². The molecule has 0 saturated heterocycles. The van der Waals surface area contributed by atoms with E-state index in [0.29, 0.717) is 41.4 Å². The minimum absolute atomic E-state index is 0.154. The van der Waals surface area contributed by atoms with E-state index in [2.05, 4.69) is 15.1 Å². The fourth-order valence-corrected chi connectivity index (χ4v) is 2.62. The van der Waals surface area contributed by atoms with Crippen molar-refractivity contribution in [2.75, 3.05) is 13.6 Å². The van der Waals surface area contributed by atoms with E-state index in [1.54, 1.807) is 42.3 Å². The van der Waals surface area contributed by atoms with Gasteiger partial charge in [0.15, 0.2) is 5.82 Å². The number of carbonyl (C=O) groups is 1. The minimum atomic E-state index is -0.423. The van der Waals surface area contributed by atoms with Gasteiger partial charge in [0.25, 0.3) is 5.91 Å². The van der Waals surface area contributed by atoms with Gasteiger partial charge < -0.3 is 9.42 Å². The van der Waals surface area contributed by atoms with Crippen LogP contribution in [0.5, 0.6) is 0 Å². The summed E-state index contributed by atoms with van der Waals surface area (Å²) >= 11 is 0. The number of carbonyl (C=O) groups excluding carboxylic acids is 1. The van der Waals surface area contributed by atoms with Crippen LogP contribution in [0.15, 0.2) is 47.2 Å². The Kier molecular flexibility index (Phi) is 5.59. The number of nitrogens with zero attached hydrogens (tertiary/aromatic N) is 4. The first-order valence-electron chi connectivity index (χ1n) is 8.73. The van der Waals surface area contributed by atoms with Crippen molar-refractivity contribution in [3.63, 3.8) is 0 Å². The second kappa shape index (κ2) is 8.07. The van der Waals surface area contributed by atoms with Gasteiger partial charge in [-0.1, -0.05) is 31.1 Å². The van der Waals surface area contributed by atoms with Crippen molar-refractivity contribution >= 4 is 5.91 Å². The van der Waals surface area contributed by atoms with Gasteiger partial charge in [0.2, 0.25) is 5.89 Å². The first-order valence-corrected chi connectivity index (χ1v) is 8.73. The molecule has 0 fully saturated rings. The number of hydrogen-bond donors (Lipinski definition) is 0. The predicted molar refractivity (Wildman–Crippen MR) is 98.7 cm³/mol. The number of rotatable bonds is 6. The highest BCUT2D eigenvalue weighted by Gasteiger charge is 2.15. The van der Waals surface area contributed by atoms with E-state index < -0.39 is 5.82 Å². The van der Waals surface area contributed by atoms with Gasteiger partial charge in [0, 0.05) is 43.3 Å². The normalized spacial score (nSPS) is 11.0. The molecule has 3 aromatic rings. The summed E-state index contributed by atoms with van der Waals surface area (Å²) in [6, 6.07) is 8.49. The van der Waals surface area contributed by atoms with E-state index in [0.717, 1.165) is 6.20 Å². The average molecular weight is 368 g/mol. The van der Waals surface area contributed by atoms with Gasteiger partial charge >= 0.3 is 0 Å². The quantitative estimate of drug-likeness (QED) is 0.663. The topological polar surface area (TPSA) is 72.1 Å². The van der Waals surface area contributed by atoms with E-state index in [-0.39, 0.29) is 11.8 Å². The molecule has 6 nitrogen and oxygen atoms in total. The van der Waals surface area contributed by atoms with Crippen LogP contribution in [0.4, 0.5) is 4.39 Å². The zero-order valence-electron chi connectivity index (χ0n) is 15.5. The van der Waals surface area contributed by atoms with Crippen LogP contribution in [0.1, 0.15) is 41.8 Å². The van der Waals surface area contributed by atoms with Crippen LogP contribution in [0.25, 0.3) is 11.1 Å². The van der Waals surface area contributed by atoms with E-state index >= 15 is 0 Å². The standard InChI is InChI=1S/C20H21FN4O2/c1-13(2)19-23-18(24-27-19)8-10-25(3)20(26)15-6-4-5-14(11-15)16-7-9-22-12-17(16)21/h4-7,9,11-13H,8,10H2,1-3H3. The molecular formula is C20H21FN4O2. The van der Waals surface area contributed by atoms with Crippen molar-refractivity contribution in [3.8, 4) is 11.1 Å². The first kappa shape index (κ1) is 18.7. The molecular weight excluding hydrogens is 347 g/mol. The maximum absolute atomic E-state index is 14.0. The predicted octanol–water partition coefficient (Wildman–Crippen LogP) is 3.71. The number of aromatic nitrogens is 3. The lowest BCUT2D eigenvalue weighted by Gasteiger charge is -2.16. The Morgan fingerprint density at radius 3 is 2.81 bits per heavy atom. The molecule has 0 atom stereocenters. The largest absolute Gasteiger partial charge is 0.341 e. The molecule has 0 N–H and O–H groups in total. The lowest BCUT2D eigenvalue weighted by molar-refractivity contribution is 0.0796. The highest BCUT2D eigenvalue weighted by atomic mass is 19.1. The van der Waals surface area contributed by atoms with E-state index in [4.69, 9.17) is 4.52 Å². The summed E-state index contributed by atoms with van der Waals surface area (Å²) in [6.07, 6.45) is 3.18. The smallest absolute Gasteiger partial charge is 0.253 e. The van der Waals surface area contributed by atoms with Crippen LogP contribution in [0, 0.1) is 5.82 Å². The van der Waals surface area contributed by atoms with Gasteiger partial charge in [-0.25, -0.2) is 4.39 Å². The number of likely N-dealkylation sites (N-methyl/N-ethyl adjacent to an activating group) is 1. The number of halogens is 1. The number of hydrogen-bond acceptors (Lipinski definition) is 5. The molecule has 1 amide bonds. The third-order valence-electron chi connectivity index (χ3n) is 4.19. The Hall–Kier alpha value is -3.09. The van der Waals surface area contributed by atoms with Crippen molar-refractivity contribution in [1.29, 1.82) is 0 Å². The van der Waals surface area contributed by atoms with Crippen molar-refractivity contribution in [3.05, 3.63) is 65.8 Å². The fraction of sp³-hybridized carbons (Fsp3) is 0.300. The summed E-state index contributed by atoms with van der Waals surface area (Å²) in [4.78, 5) is 22.4. The maximum Gasteiger partial charge on any atom is 0.253 e. The third-order valence-corrected chi connectivity index (χ3v) is 4.19. The molecule has 0 saturated carbocycles. The lowest BCUT2D eigenvalue weighted by atomic mass is 10.0. The van der Waals surface area contributed by atoms with E-state index in [1.807, 2.05) is 13.8 Å². The van der Waals surface area contributed by atoms with Gasteiger partial charge in [-0.05, 0) is 23.8 Å². The van der Waals surface area contributed by atoms with Gasteiger partial charge in [0.05, 0.1) is 6.20 Å². The summed E-state index contributed by atoms with van der Waals surface area (Å²) < 4.78 is 19.1. The molecule has 0 unspecified atom stereocenters. The summed E-state index contributed by atoms with van der Waals surface area (Å²) in [5, 5.41) is 3.93. The van der Waals surface area contributed by atoms with Crippen LogP contribution < -0.4 is 0 Å². The molecule has 7 heteroatoms. The maximum atomic E-state index is 14.0. The van der Waals surface area contributed by atoms with Crippen molar-refractivity contribution in [2.24, 2.45) is 0 Å². The van der Waals surface area contributed by atoms with E-state index in [9.17, 15) is 9.18 Å². The van der Waals surface area contributed by atoms with Crippen LogP contribution in [0.3, 0.4) is 0 Å². The second-order valence-electron chi connectivity index (χ2n) is 6.62. The van der Waals surface area contributed by atoms with Gasteiger partial charge in [-0.15, -0.1) is 0 Å². The van der Waals surface area contributed by atoms with Crippen LogP contribution in [-0.2, 0) is 6.42 Å². The monoisotopic (exact) mass is 368 g/mol. The number of benzene rings is 1. The molecule has 0 spiro atoms. The molecule has 2 heterocycles. The highest BCUT2D eigenvalue weighted by molar-refractivity contribution is 5.95. The van der Waals surface area contributed by atoms with Gasteiger partial charge in [-0.2, -0.15) is 4.98 Å². The SMILES string of the molecule is CC(C)c1nc(CCN(C)C(=O)c2cccc(-c3ccncc3F)c2)no1. The van der Waals surface area contributed by atoms with Crippen LogP contribution >= 0.6 is 0 Å². The molecule has 140 valence electrons. The molecule has 3 rings (SSSR count). The molecule has 2 aromatic heterocycles. The third kappa shape index (κ3) is 4.36. The molecule has 0 aliphatic carbocycles. The first-order chi connectivity index (χ1) is 13.0. The zero-order chi connectivity index (χ0) is 19.4. The fourth-order valence-electron chi connectivity index (χ4n) is 2.62. The molecule has 0 bridgehead atoms. The zero-order valence-corrected chi connectivity index (χ0v) is 15.5.